The van der Waals surface area contributed by atoms with Crippen LogP contribution in [-0.4, -0.2) is 22.5 Å². The maximum Gasteiger partial charge on any atom is 0.252 e. The molecular formula is C16H13BrN2O4. The number of pyridine rings is 1. The van der Waals surface area contributed by atoms with E-state index in [9.17, 15) is 9.90 Å². The quantitative estimate of drug-likeness (QED) is 0.713. The molecule has 1 atom stereocenters. The molecule has 6 nitrogen and oxygen atoms in total. The van der Waals surface area contributed by atoms with Crippen molar-refractivity contribution in [2.45, 2.75) is 6.10 Å². The second kappa shape index (κ2) is 6.80. The van der Waals surface area contributed by atoms with Gasteiger partial charge in [-0.2, -0.15) is 0 Å². The van der Waals surface area contributed by atoms with Crippen LogP contribution in [0.4, 0.5) is 0 Å². The molecule has 0 aliphatic heterocycles. The Morgan fingerprint density at radius 1 is 1.30 bits per heavy atom. The Kier molecular flexibility index (Phi) is 4.59. The van der Waals surface area contributed by atoms with Gasteiger partial charge in [-0.25, -0.2) is 0 Å². The van der Waals surface area contributed by atoms with Crippen LogP contribution < -0.4 is 5.32 Å². The van der Waals surface area contributed by atoms with E-state index in [4.69, 9.17) is 8.83 Å². The predicted octanol–water partition coefficient (Wildman–Crippen LogP) is 3.16. The minimum absolute atomic E-state index is 0.0243. The van der Waals surface area contributed by atoms with E-state index in [1.54, 1.807) is 42.8 Å². The lowest BCUT2D eigenvalue weighted by Gasteiger charge is -2.09. The average Bonchev–Trinajstić information content (AvgIpc) is 3.22. The van der Waals surface area contributed by atoms with Gasteiger partial charge in [0.1, 0.15) is 11.9 Å². The van der Waals surface area contributed by atoms with Gasteiger partial charge in [0.05, 0.1) is 18.4 Å². The second-order valence-electron chi connectivity index (χ2n) is 4.80. The lowest BCUT2D eigenvalue weighted by molar-refractivity contribution is 0.0901. The summed E-state index contributed by atoms with van der Waals surface area (Å²) in [7, 11) is 0. The highest BCUT2D eigenvalue weighted by Gasteiger charge is 2.16. The Morgan fingerprint density at radius 2 is 2.17 bits per heavy atom. The largest absolute Gasteiger partial charge is 0.461 e. The Bertz CT molecular complexity index is 798. The number of amides is 1. The van der Waals surface area contributed by atoms with E-state index >= 15 is 0 Å². The summed E-state index contributed by atoms with van der Waals surface area (Å²) in [6.07, 6.45) is 3.63. The van der Waals surface area contributed by atoms with Crippen molar-refractivity contribution < 1.29 is 18.7 Å². The normalized spacial score (nSPS) is 12.1. The number of hydrogen-bond acceptors (Lipinski definition) is 5. The van der Waals surface area contributed by atoms with Gasteiger partial charge in [-0.05, 0) is 46.3 Å². The first-order chi connectivity index (χ1) is 11.1. The molecule has 0 aliphatic carbocycles. The maximum atomic E-state index is 12.0. The van der Waals surface area contributed by atoms with Crippen molar-refractivity contribution in [2.75, 3.05) is 6.54 Å². The SMILES string of the molecule is O=C(NCC(O)c1ccc(-c2ccco2)o1)c1cncc(Br)c1. The van der Waals surface area contributed by atoms with Gasteiger partial charge in [0.25, 0.3) is 5.91 Å². The first-order valence-corrected chi connectivity index (χ1v) is 7.63. The summed E-state index contributed by atoms with van der Waals surface area (Å²) in [5.74, 6) is 1.12. The molecule has 0 bridgehead atoms. The molecule has 23 heavy (non-hydrogen) atoms. The molecule has 0 aliphatic rings. The number of halogens is 1. The molecule has 2 N–H and O–H groups in total. The summed E-state index contributed by atoms with van der Waals surface area (Å²) >= 11 is 3.25. The molecule has 3 rings (SSSR count). The van der Waals surface area contributed by atoms with Crippen LogP contribution in [0.25, 0.3) is 11.5 Å². The Morgan fingerprint density at radius 3 is 2.91 bits per heavy atom. The van der Waals surface area contributed by atoms with Crippen molar-refractivity contribution in [1.29, 1.82) is 0 Å². The van der Waals surface area contributed by atoms with Gasteiger partial charge in [-0.3, -0.25) is 9.78 Å². The van der Waals surface area contributed by atoms with Crippen LogP contribution in [0.3, 0.4) is 0 Å². The van der Waals surface area contributed by atoms with Crippen molar-refractivity contribution in [3.05, 3.63) is 64.8 Å². The summed E-state index contributed by atoms with van der Waals surface area (Å²) in [6.45, 7) is 0.0243. The van der Waals surface area contributed by atoms with Crippen LogP contribution in [0.1, 0.15) is 22.2 Å². The molecule has 1 unspecified atom stereocenters. The fourth-order valence-electron chi connectivity index (χ4n) is 2.01. The number of furan rings is 2. The van der Waals surface area contributed by atoms with Crippen molar-refractivity contribution in [3.8, 4) is 11.5 Å². The van der Waals surface area contributed by atoms with E-state index in [0.29, 0.717) is 27.3 Å². The van der Waals surface area contributed by atoms with Gasteiger partial charge < -0.3 is 19.3 Å². The van der Waals surface area contributed by atoms with E-state index in [1.165, 1.54) is 6.20 Å². The second-order valence-corrected chi connectivity index (χ2v) is 5.71. The number of aliphatic hydroxyl groups excluding tert-OH is 1. The third-order valence-electron chi connectivity index (χ3n) is 3.14. The number of aromatic nitrogens is 1. The van der Waals surface area contributed by atoms with Crippen molar-refractivity contribution in [3.63, 3.8) is 0 Å². The lowest BCUT2D eigenvalue weighted by atomic mass is 10.2. The number of carbonyl (C=O) groups excluding carboxylic acids is 1. The topological polar surface area (TPSA) is 88.5 Å². The van der Waals surface area contributed by atoms with Gasteiger partial charge in [-0.15, -0.1) is 0 Å². The summed E-state index contributed by atoms with van der Waals surface area (Å²) in [4.78, 5) is 15.9. The maximum absolute atomic E-state index is 12.0. The molecule has 3 heterocycles. The van der Waals surface area contributed by atoms with Crippen LogP contribution >= 0.6 is 15.9 Å². The number of rotatable bonds is 5. The molecule has 118 valence electrons. The van der Waals surface area contributed by atoms with Crippen molar-refractivity contribution in [1.82, 2.24) is 10.3 Å². The number of nitrogens with one attached hydrogen (secondary N) is 1. The molecule has 0 spiro atoms. The van der Waals surface area contributed by atoms with Crippen molar-refractivity contribution >= 4 is 21.8 Å². The number of nitrogens with zero attached hydrogens (tertiary/aromatic N) is 1. The zero-order valence-electron chi connectivity index (χ0n) is 11.9. The van der Waals surface area contributed by atoms with Crippen LogP contribution in [0, 0.1) is 0 Å². The molecule has 3 aromatic rings. The summed E-state index contributed by atoms with van der Waals surface area (Å²) in [5.41, 5.74) is 0.405. The third-order valence-corrected chi connectivity index (χ3v) is 3.58. The standard InChI is InChI=1S/C16H13BrN2O4/c17-11-6-10(7-18-8-11)16(21)19-9-12(20)13-3-4-15(23-13)14-2-1-5-22-14/h1-8,12,20H,9H2,(H,19,21). The monoisotopic (exact) mass is 376 g/mol. The zero-order valence-corrected chi connectivity index (χ0v) is 13.5. The predicted molar refractivity (Wildman–Crippen MR) is 85.6 cm³/mol. The van der Waals surface area contributed by atoms with Gasteiger partial charge in [-0.1, -0.05) is 0 Å². The molecule has 0 aromatic carbocycles. The Balaban J connectivity index is 1.61. The van der Waals surface area contributed by atoms with E-state index in [2.05, 4.69) is 26.2 Å². The van der Waals surface area contributed by atoms with Gasteiger partial charge in [0, 0.05) is 16.9 Å². The highest BCUT2D eigenvalue weighted by Crippen LogP contribution is 2.25. The van der Waals surface area contributed by atoms with Crippen molar-refractivity contribution in [2.24, 2.45) is 0 Å². The Labute approximate surface area is 140 Å². The summed E-state index contributed by atoms with van der Waals surface area (Å²) < 4.78 is 11.5. The minimum Gasteiger partial charge on any atom is -0.461 e. The molecule has 7 heteroatoms. The van der Waals surface area contributed by atoms with Gasteiger partial charge >= 0.3 is 0 Å². The summed E-state index contributed by atoms with van der Waals surface area (Å²) in [6, 6.07) is 8.51. The van der Waals surface area contributed by atoms with E-state index < -0.39 is 6.10 Å². The van der Waals surface area contributed by atoms with Gasteiger partial charge in [0.2, 0.25) is 0 Å². The zero-order chi connectivity index (χ0) is 16.2. The van der Waals surface area contributed by atoms with E-state index in [-0.39, 0.29) is 12.5 Å². The minimum atomic E-state index is -0.956. The smallest absolute Gasteiger partial charge is 0.252 e. The fraction of sp³-hybridized carbons (Fsp3) is 0.125. The molecule has 0 saturated heterocycles. The number of aliphatic hydroxyl groups is 1. The molecule has 0 saturated carbocycles. The first kappa shape index (κ1) is 15.5. The molecule has 0 fully saturated rings. The van der Waals surface area contributed by atoms with Gasteiger partial charge in [0.15, 0.2) is 11.5 Å². The molecular weight excluding hydrogens is 364 g/mol. The van der Waals surface area contributed by atoms with E-state index in [0.717, 1.165) is 0 Å². The Hall–Kier alpha value is -2.38. The first-order valence-electron chi connectivity index (χ1n) is 6.84. The van der Waals surface area contributed by atoms with Crippen LogP contribution in [0.15, 0.2) is 62.3 Å². The van der Waals surface area contributed by atoms with E-state index in [1.807, 2.05) is 0 Å². The highest BCUT2D eigenvalue weighted by atomic mass is 79.9. The number of hydrogen-bond donors (Lipinski definition) is 2. The lowest BCUT2D eigenvalue weighted by Crippen LogP contribution is -2.28. The van der Waals surface area contributed by atoms with Crippen LogP contribution in [0.5, 0.6) is 0 Å². The van der Waals surface area contributed by atoms with Crippen LogP contribution in [0.2, 0.25) is 0 Å². The molecule has 0 radical (unpaired) electrons. The average molecular weight is 377 g/mol. The van der Waals surface area contributed by atoms with Crippen LogP contribution in [-0.2, 0) is 0 Å². The number of carbonyl (C=O) groups is 1. The molecule has 3 aromatic heterocycles. The summed E-state index contributed by atoms with van der Waals surface area (Å²) in [5, 5.41) is 12.8. The fourth-order valence-corrected chi connectivity index (χ4v) is 2.38. The molecule has 1 amide bonds. The third kappa shape index (κ3) is 3.69. The highest BCUT2D eigenvalue weighted by molar-refractivity contribution is 9.10.